The van der Waals surface area contributed by atoms with Crippen molar-refractivity contribution in [2.24, 2.45) is 5.16 Å². The van der Waals surface area contributed by atoms with Gasteiger partial charge in [0.2, 0.25) is 6.10 Å². The van der Waals surface area contributed by atoms with Gasteiger partial charge < -0.3 is 31.8 Å². The maximum atomic E-state index is 13.2. The highest BCUT2D eigenvalue weighted by atomic mass is 35.5. The predicted molar refractivity (Wildman–Crippen MR) is 147 cm³/mol. The number of hydrogen-bond donors (Lipinski definition) is 6. The van der Waals surface area contributed by atoms with Gasteiger partial charge in [-0.25, -0.2) is 19.1 Å². The van der Waals surface area contributed by atoms with Gasteiger partial charge in [0.25, 0.3) is 11.8 Å². The van der Waals surface area contributed by atoms with Crippen LogP contribution >= 0.6 is 34.7 Å². The van der Waals surface area contributed by atoms with Gasteiger partial charge in [0.05, 0.1) is 6.20 Å². The number of aromatic nitrogens is 4. The summed E-state index contributed by atoms with van der Waals surface area (Å²) in [5.74, 6) is -3.82. The van der Waals surface area contributed by atoms with Crippen molar-refractivity contribution in [3.63, 3.8) is 0 Å². The van der Waals surface area contributed by atoms with Crippen LogP contribution in [0.25, 0.3) is 11.2 Å². The van der Waals surface area contributed by atoms with E-state index in [0.29, 0.717) is 16.7 Å². The standard InChI is InChI=1S/C22H20ClN9O7S2/c1-7(19(35)36)39-30-11(10-14(23)41-22(25)28-10)16(33)27-12-17(34)32-13(20(37)38)8(6-40-18(12)32)5-31-4-2-3-9-15(31)29-21(24)26-9/h2-4,7,12,18H,5-6H2,1H3,(H7,24,25,26,27,28,33,35,36,37,38)/p+1/b30-11-/t7-,12+,18?/m0/s1. The normalized spacial score (nSPS) is 19.5. The number of amides is 2. The van der Waals surface area contributed by atoms with E-state index >= 15 is 0 Å². The molecule has 1 saturated heterocycles. The first-order valence-corrected chi connectivity index (χ1v) is 13.9. The van der Waals surface area contributed by atoms with Crippen molar-refractivity contribution >= 4 is 86.4 Å². The van der Waals surface area contributed by atoms with Crippen molar-refractivity contribution < 1.29 is 38.8 Å². The molecule has 5 rings (SSSR count). The number of H-pyrrole nitrogens is 1. The number of carbonyl (C=O) groups excluding carboxylic acids is 2. The van der Waals surface area contributed by atoms with Crippen LogP contribution in [0.4, 0.5) is 11.1 Å². The molecule has 8 N–H and O–H groups in total. The number of rotatable bonds is 9. The van der Waals surface area contributed by atoms with Gasteiger partial charge in [-0.2, -0.15) is 0 Å². The number of β-lactam (4-membered cyclic amide) rings is 1. The molecule has 0 saturated carbocycles. The number of nitrogens with one attached hydrogen (secondary N) is 2. The Hall–Kier alpha value is -4.42. The number of carboxylic acids is 2. The summed E-state index contributed by atoms with van der Waals surface area (Å²) in [6.45, 7) is 1.32. The molecular weight excluding hydrogens is 602 g/mol. The molecule has 3 aromatic heterocycles. The lowest BCUT2D eigenvalue weighted by atomic mass is 10.0. The minimum atomic E-state index is -1.41. The summed E-state index contributed by atoms with van der Waals surface area (Å²) < 4.78 is 1.71. The van der Waals surface area contributed by atoms with Gasteiger partial charge in [-0.1, -0.05) is 28.1 Å². The van der Waals surface area contributed by atoms with E-state index in [-0.39, 0.29) is 39.1 Å². The van der Waals surface area contributed by atoms with E-state index in [4.69, 9.17) is 33.0 Å². The van der Waals surface area contributed by atoms with Gasteiger partial charge in [0.1, 0.15) is 39.2 Å². The van der Waals surface area contributed by atoms with Crippen LogP contribution in [0.3, 0.4) is 0 Å². The van der Waals surface area contributed by atoms with Gasteiger partial charge in [0, 0.05) is 11.3 Å². The highest BCUT2D eigenvalue weighted by Crippen LogP contribution is 2.40. The van der Waals surface area contributed by atoms with Crippen molar-refractivity contribution in [3.05, 3.63) is 39.6 Å². The number of oxime groups is 1. The smallest absolute Gasteiger partial charge is 0.352 e. The number of anilines is 2. The topological polar surface area (TPSA) is 243 Å². The van der Waals surface area contributed by atoms with E-state index < -0.39 is 47.0 Å². The molecule has 5 heterocycles. The van der Waals surface area contributed by atoms with E-state index in [1.54, 1.807) is 22.9 Å². The zero-order valence-electron chi connectivity index (χ0n) is 20.9. The number of nitrogen functional groups attached to an aromatic ring is 2. The fourth-order valence-electron chi connectivity index (χ4n) is 4.22. The number of fused-ring (bicyclic) bond motifs is 2. The first-order chi connectivity index (χ1) is 19.5. The van der Waals surface area contributed by atoms with Gasteiger partial charge in [-0.3, -0.25) is 19.5 Å². The summed E-state index contributed by atoms with van der Waals surface area (Å²) >= 11 is 8.25. The van der Waals surface area contributed by atoms with Crippen molar-refractivity contribution in [2.45, 2.75) is 31.0 Å². The lowest BCUT2D eigenvalue weighted by Gasteiger charge is -2.49. The Morgan fingerprint density at radius 2 is 2.12 bits per heavy atom. The molecule has 0 spiro atoms. The molecule has 41 heavy (non-hydrogen) atoms. The number of aromatic amines is 1. The molecule has 2 aliphatic heterocycles. The first kappa shape index (κ1) is 28.1. The molecule has 0 radical (unpaired) electrons. The molecule has 19 heteroatoms. The fraction of sp³-hybridized carbons (Fsp3) is 0.273. The number of thioether (sulfide) groups is 1. The lowest BCUT2D eigenvalue weighted by molar-refractivity contribution is -0.664. The van der Waals surface area contributed by atoms with Crippen LogP contribution in [0.2, 0.25) is 4.34 Å². The van der Waals surface area contributed by atoms with E-state index in [0.717, 1.165) is 16.2 Å². The Morgan fingerprint density at radius 1 is 1.37 bits per heavy atom. The SMILES string of the molecule is C[C@H](O/N=C(\C(=O)N[C@@H]1C(=O)N2C(C(=O)O)=C(C[n+]3cccc4[nH]c(N)nc43)CSC12)c1nc(N)sc1Cl)C(=O)O. The van der Waals surface area contributed by atoms with Gasteiger partial charge in [0.15, 0.2) is 10.8 Å². The van der Waals surface area contributed by atoms with Crippen LogP contribution in [0.15, 0.2) is 34.8 Å². The number of aliphatic carboxylic acids is 2. The molecule has 0 aliphatic carbocycles. The first-order valence-electron chi connectivity index (χ1n) is 11.7. The third-order valence-corrected chi connectivity index (χ3v) is 8.54. The average Bonchev–Trinajstić information content (AvgIpc) is 3.47. The van der Waals surface area contributed by atoms with Gasteiger partial charge >= 0.3 is 23.5 Å². The highest BCUT2D eigenvalue weighted by Gasteiger charge is 2.54. The summed E-state index contributed by atoms with van der Waals surface area (Å²) in [5.41, 5.74) is 12.2. The Labute approximate surface area is 243 Å². The van der Waals surface area contributed by atoms with Crippen LogP contribution in [0, 0.1) is 0 Å². The summed E-state index contributed by atoms with van der Waals surface area (Å²) in [6, 6.07) is 2.41. The number of carboxylic acid groups (broad SMARTS) is 2. The summed E-state index contributed by atoms with van der Waals surface area (Å²) in [4.78, 5) is 67.0. The van der Waals surface area contributed by atoms with E-state index in [2.05, 4.69) is 25.4 Å². The number of nitrogens with two attached hydrogens (primary N) is 2. The maximum absolute atomic E-state index is 13.2. The second kappa shape index (κ2) is 10.9. The van der Waals surface area contributed by atoms with Crippen LogP contribution in [-0.2, 0) is 30.6 Å². The van der Waals surface area contributed by atoms with E-state index in [1.165, 1.54) is 18.7 Å². The predicted octanol–water partition coefficient (Wildman–Crippen LogP) is -0.243. The molecule has 2 amide bonds. The van der Waals surface area contributed by atoms with Crippen molar-refractivity contribution in [2.75, 3.05) is 17.2 Å². The van der Waals surface area contributed by atoms with Crippen molar-refractivity contribution in [1.29, 1.82) is 0 Å². The number of halogens is 1. The average molecular weight is 623 g/mol. The summed E-state index contributed by atoms with van der Waals surface area (Å²) in [7, 11) is 0. The molecule has 3 atom stereocenters. The Morgan fingerprint density at radius 3 is 2.78 bits per heavy atom. The summed E-state index contributed by atoms with van der Waals surface area (Å²) in [5, 5.41) is 24.5. The summed E-state index contributed by atoms with van der Waals surface area (Å²) in [6.07, 6.45) is 0.308. The molecule has 1 fully saturated rings. The van der Waals surface area contributed by atoms with Crippen molar-refractivity contribution in [1.82, 2.24) is 25.2 Å². The minimum absolute atomic E-state index is 0.0106. The van der Waals surface area contributed by atoms with E-state index in [1.807, 2.05) is 0 Å². The molecule has 0 bridgehead atoms. The minimum Gasteiger partial charge on any atom is -0.478 e. The Balaban J connectivity index is 1.39. The van der Waals surface area contributed by atoms with Gasteiger partial charge in [-0.15, -0.1) is 11.8 Å². The third kappa shape index (κ3) is 5.23. The fourth-order valence-corrected chi connectivity index (χ4v) is 6.49. The zero-order valence-corrected chi connectivity index (χ0v) is 23.3. The van der Waals surface area contributed by atoms with Crippen LogP contribution in [0.5, 0.6) is 0 Å². The van der Waals surface area contributed by atoms with E-state index in [9.17, 15) is 24.3 Å². The largest absolute Gasteiger partial charge is 0.478 e. The lowest BCUT2D eigenvalue weighted by Crippen LogP contribution is -2.71. The highest BCUT2D eigenvalue weighted by molar-refractivity contribution is 8.00. The van der Waals surface area contributed by atoms with Crippen LogP contribution in [0.1, 0.15) is 12.6 Å². The maximum Gasteiger partial charge on any atom is 0.352 e. The molecule has 0 aromatic carbocycles. The molecule has 16 nitrogen and oxygen atoms in total. The van der Waals surface area contributed by atoms with Crippen LogP contribution in [-0.4, -0.2) is 82.8 Å². The number of hydrogen-bond acceptors (Lipinski definition) is 12. The molecular formula is C22H21ClN9O7S2+. The van der Waals surface area contributed by atoms with Crippen molar-refractivity contribution in [3.8, 4) is 0 Å². The molecule has 1 unspecified atom stereocenters. The van der Waals surface area contributed by atoms with Crippen LogP contribution < -0.4 is 21.4 Å². The monoisotopic (exact) mass is 622 g/mol. The quantitative estimate of drug-likeness (QED) is 0.0783. The zero-order chi connectivity index (χ0) is 29.6. The molecule has 2 aliphatic rings. The number of carbonyl (C=O) groups is 4. The number of pyridine rings is 1. The molecule has 214 valence electrons. The number of imidazole rings is 1. The number of thiazole rings is 1. The Kier molecular flexibility index (Phi) is 7.45. The third-order valence-electron chi connectivity index (χ3n) is 6.12. The molecule has 3 aromatic rings. The Bertz CT molecular complexity index is 1670. The second-order valence-corrected chi connectivity index (χ2v) is 11.6. The number of nitrogens with zero attached hydrogens (tertiary/aromatic N) is 5. The second-order valence-electron chi connectivity index (χ2n) is 8.81. The van der Waals surface area contributed by atoms with Gasteiger partial charge in [-0.05, 0) is 24.0 Å².